The van der Waals surface area contributed by atoms with Crippen LogP contribution in [0.1, 0.15) is 83.1 Å². The van der Waals surface area contributed by atoms with Crippen molar-refractivity contribution in [3.8, 4) is 0 Å². The van der Waals surface area contributed by atoms with E-state index in [4.69, 9.17) is 35.4 Å². The van der Waals surface area contributed by atoms with Crippen LogP contribution in [0.3, 0.4) is 0 Å². The Morgan fingerprint density at radius 3 is 0.964 bits per heavy atom. The summed E-state index contributed by atoms with van der Waals surface area (Å²) >= 11 is 0. The highest BCUT2D eigenvalue weighted by atomic mass is 16.6. The van der Waals surface area contributed by atoms with Crippen LogP contribution in [-0.2, 0) is 18.9 Å². The Morgan fingerprint density at radius 2 is 0.732 bits per heavy atom. The molecule has 3 aromatic rings. The van der Waals surface area contributed by atoms with Crippen molar-refractivity contribution in [3.63, 3.8) is 0 Å². The zero-order valence-corrected chi connectivity index (χ0v) is 34.6. The predicted molar refractivity (Wildman–Crippen MR) is 216 cm³/mol. The van der Waals surface area contributed by atoms with E-state index in [1.807, 2.05) is 0 Å². The third-order valence-corrected chi connectivity index (χ3v) is 6.92. The van der Waals surface area contributed by atoms with Crippen molar-refractivity contribution >= 4 is 59.0 Å². The molecule has 0 saturated carbocycles. The van der Waals surface area contributed by atoms with Gasteiger partial charge in [-0.3, -0.25) is 19.6 Å². The van der Waals surface area contributed by atoms with Gasteiger partial charge < -0.3 is 30.4 Å². The number of nitrogens with two attached hydrogens (primary N) is 2. The summed E-state index contributed by atoms with van der Waals surface area (Å²) in [5.41, 5.74) is 9.03. The Morgan fingerprint density at radius 1 is 0.464 bits per heavy atom. The molecule has 17 heteroatoms. The molecular formula is C39H57N9O8. The fourth-order valence-electron chi connectivity index (χ4n) is 4.69. The van der Waals surface area contributed by atoms with E-state index >= 15 is 0 Å². The molecular weight excluding hydrogens is 722 g/mol. The number of amides is 4. The Balaban J connectivity index is 2.08. The van der Waals surface area contributed by atoms with Crippen molar-refractivity contribution in [3.05, 3.63) is 54.9 Å². The van der Waals surface area contributed by atoms with E-state index in [1.165, 1.54) is 32.0 Å². The lowest BCUT2D eigenvalue weighted by Crippen LogP contribution is -2.46. The number of aromatic nitrogens is 3. The number of nitrogens with zero attached hydrogens (tertiary/aromatic N) is 7. The highest BCUT2D eigenvalue weighted by molar-refractivity contribution is 5.91. The summed E-state index contributed by atoms with van der Waals surface area (Å²) in [6.45, 7) is 20.2. The molecule has 0 radical (unpaired) electrons. The first-order chi connectivity index (χ1) is 25.7. The molecule has 0 spiro atoms. The summed E-state index contributed by atoms with van der Waals surface area (Å²) in [5.74, 6) is 0.647. The van der Waals surface area contributed by atoms with E-state index in [9.17, 15) is 19.2 Å². The van der Waals surface area contributed by atoms with E-state index < -0.39 is 46.8 Å². The van der Waals surface area contributed by atoms with E-state index in [1.54, 1.807) is 126 Å². The lowest BCUT2D eigenvalue weighted by Gasteiger charge is -2.32. The largest absolute Gasteiger partial charge is 0.443 e. The third kappa shape index (κ3) is 14.4. The standard InChI is InChI=1S/C39H57N9O8/c1-36(2,3)53-32(49)45(28-18-16-26(40)24-42-28)20-22-47(34(51)55-38(7,8)9)30-14-13-15-31(44-30)48(35(52)56-39(10,11)12)23-21-46(33(50)54-37(4,5)6)29-19-17-27(41)25-43-29/h13-19,24-25H,20-23,40-41H2,1-12H3. The number of nitrogen functional groups attached to an aromatic ring is 2. The van der Waals surface area contributed by atoms with E-state index in [2.05, 4.69) is 9.97 Å². The van der Waals surface area contributed by atoms with Crippen LogP contribution in [0.15, 0.2) is 54.9 Å². The van der Waals surface area contributed by atoms with Crippen LogP contribution in [0.2, 0.25) is 0 Å². The van der Waals surface area contributed by atoms with Gasteiger partial charge in [-0.25, -0.2) is 34.1 Å². The lowest BCUT2D eigenvalue weighted by molar-refractivity contribution is 0.0549. The second-order valence-corrected chi connectivity index (χ2v) is 16.8. The number of ether oxygens (including phenoxy) is 4. The molecule has 0 fully saturated rings. The average molecular weight is 780 g/mol. The summed E-state index contributed by atoms with van der Waals surface area (Å²) in [6, 6.07) is 11.0. The minimum absolute atomic E-state index is 0.0870. The highest BCUT2D eigenvalue weighted by Crippen LogP contribution is 2.25. The summed E-state index contributed by atoms with van der Waals surface area (Å²) in [7, 11) is 0. The quantitative estimate of drug-likeness (QED) is 0.192. The molecule has 0 saturated heterocycles. The van der Waals surface area contributed by atoms with Crippen molar-refractivity contribution in [2.75, 3.05) is 57.2 Å². The number of carbonyl (C=O) groups is 4. The monoisotopic (exact) mass is 779 g/mol. The number of pyridine rings is 3. The maximum Gasteiger partial charge on any atom is 0.416 e. The highest BCUT2D eigenvalue weighted by Gasteiger charge is 2.32. The summed E-state index contributed by atoms with van der Waals surface area (Å²) in [5, 5.41) is 0. The van der Waals surface area contributed by atoms with Crippen molar-refractivity contribution < 1.29 is 38.1 Å². The third-order valence-electron chi connectivity index (χ3n) is 6.92. The molecule has 0 unspecified atom stereocenters. The molecule has 0 aliphatic heterocycles. The van der Waals surface area contributed by atoms with E-state index in [0.29, 0.717) is 11.4 Å². The molecule has 0 aromatic carbocycles. The maximum atomic E-state index is 13.9. The average Bonchev–Trinajstić information content (AvgIpc) is 3.03. The molecule has 306 valence electrons. The Bertz CT molecular complexity index is 1680. The SMILES string of the molecule is CC(C)(C)OC(=O)N(CCN(C(=O)OC(C)(C)C)c1cccc(N(CCN(C(=O)OC(C)(C)C)c2ccc(N)cn2)C(=O)OC(C)(C)C)n1)c1ccc(N)cn1. The molecule has 0 aliphatic carbocycles. The normalized spacial score (nSPS) is 11.9. The molecule has 4 N–H and O–H groups in total. The van der Waals surface area contributed by atoms with Crippen LogP contribution >= 0.6 is 0 Å². The van der Waals surface area contributed by atoms with Crippen LogP contribution in [0.5, 0.6) is 0 Å². The van der Waals surface area contributed by atoms with Gasteiger partial charge in [0, 0.05) is 26.2 Å². The van der Waals surface area contributed by atoms with Crippen molar-refractivity contribution in [1.82, 2.24) is 15.0 Å². The molecule has 4 amide bonds. The summed E-state index contributed by atoms with van der Waals surface area (Å²) < 4.78 is 22.9. The number of carbonyl (C=O) groups excluding carboxylic acids is 4. The fraction of sp³-hybridized carbons (Fsp3) is 0.513. The van der Waals surface area contributed by atoms with Crippen LogP contribution in [-0.4, -0.2) is 87.9 Å². The second-order valence-electron chi connectivity index (χ2n) is 16.8. The van der Waals surface area contributed by atoms with Gasteiger partial charge in [0.1, 0.15) is 45.7 Å². The minimum Gasteiger partial charge on any atom is -0.443 e. The first-order valence-corrected chi connectivity index (χ1v) is 18.1. The summed E-state index contributed by atoms with van der Waals surface area (Å²) in [4.78, 5) is 73.0. The number of rotatable bonds is 10. The van der Waals surface area contributed by atoms with Gasteiger partial charge in [0.15, 0.2) is 0 Å². The Kier molecular flexibility index (Phi) is 14.1. The van der Waals surface area contributed by atoms with Crippen LogP contribution in [0, 0.1) is 0 Å². The maximum absolute atomic E-state index is 13.9. The van der Waals surface area contributed by atoms with Crippen LogP contribution in [0.4, 0.5) is 53.8 Å². The van der Waals surface area contributed by atoms with Crippen LogP contribution < -0.4 is 31.1 Å². The van der Waals surface area contributed by atoms with Gasteiger partial charge in [0.25, 0.3) is 0 Å². The first-order valence-electron chi connectivity index (χ1n) is 18.1. The van der Waals surface area contributed by atoms with E-state index in [-0.39, 0.29) is 49.5 Å². The minimum atomic E-state index is -0.903. The smallest absolute Gasteiger partial charge is 0.416 e. The Labute approximate surface area is 329 Å². The van der Waals surface area contributed by atoms with E-state index in [0.717, 1.165) is 0 Å². The van der Waals surface area contributed by atoms with Gasteiger partial charge in [-0.15, -0.1) is 0 Å². The van der Waals surface area contributed by atoms with Crippen LogP contribution in [0.25, 0.3) is 0 Å². The molecule has 3 heterocycles. The Hall–Kier alpha value is -5.87. The zero-order chi connectivity index (χ0) is 42.2. The number of anilines is 6. The molecule has 56 heavy (non-hydrogen) atoms. The number of hydrogen-bond acceptors (Lipinski definition) is 13. The lowest BCUT2D eigenvalue weighted by atomic mass is 10.2. The topological polar surface area (TPSA) is 209 Å². The second kappa shape index (κ2) is 17.7. The molecule has 0 bridgehead atoms. The van der Waals surface area contributed by atoms with Crippen molar-refractivity contribution in [1.29, 1.82) is 0 Å². The molecule has 17 nitrogen and oxygen atoms in total. The predicted octanol–water partition coefficient (Wildman–Crippen LogP) is 7.40. The van der Waals surface area contributed by atoms with Crippen molar-refractivity contribution in [2.24, 2.45) is 0 Å². The molecule has 3 aromatic heterocycles. The van der Waals surface area contributed by atoms with Gasteiger partial charge in [-0.1, -0.05) is 6.07 Å². The fourth-order valence-corrected chi connectivity index (χ4v) is 4.69. The zero-order valence-electron chi connectivity index (χ0n) is 34.6. The van der Waals surface area contributed by atoms with Gasteiger partial charge in [-0.05, 0) is 119 Å². The first kappa shape index (κ1) is 44.5. The van der Waals surface area contributed by atoms with Gasteiger partial charge in [-0.2, -0.15) is 0 Å². The molecule has 0 atom stereocenters. The summed E-state index contributed by atoms with van der Waals surface area (Å²) in [6.07, 6.45) is -0.149. The van der Waals surface area contributed by atoms with Gasteiger partial charge in [0.2, 0.25) is 0 Å². The number of hydrogen-bond donors (Lipinski definition) is 2. The van der Waals surface area contributed by atoms with Gasteiger partial charge in [0.05, 0.1) is 23.8 Å². The molecule has 3 rings (SSSR count). The van der Waals surface area contributed by atoms with Crippen molar-refractivity contribution in [2.45, 2.75) is 105 Å². The molecule has 0 aliphatic rings. The van der Waals surface area contributed by atoms with Gasteiger partial charge >= 0.3 is 24.4 Å².